The number of hydrogen-bond donors (Lipinski definition) is 0. The molecule has 2 bridgehead atoms. The molecular formula is C25H20ClNO4. The SMILES string of the molecule is O=C(COc1ccc(N2C(=O)C3C4C=CC(C5CC45)C3C2=O)cc1)c1ccc(Cl)cc1. The van der Waals surface area contributed by atoms with E-state index < -0.39 is 0 Å². The Balaban J connectivity index is 1.16. The number of rotatable bonds is 5. The van der Waals surface area contributed by atoms with Gasteiger partial charge in [0.1, 0.15) is 5.75 Å². The molecule has 2 amide bonds. The number of carbonyl (C=O) groups excluding carboxylic acids is 3. The zero-order valence-corrected chi connectivity index (χ0v) is 17.4. The molecule has 6 atom stereocenters. The number of ketones is 1. The molecule has 7 rings (SSSR count). The number of halogens is 1. The average Bonchev–Trinajstić information content (AvgIpc) is 3.56. The lowest BCUT2D eigenvalue weighted by Gasteiger charge is -2.37. The highest BCUT2D eigenvalue weighted by Gasteiger charge is 2.67. The second kappa shape index (κ2) is 6.79. The van der Waals surface area contributed by atoms with Gasteiger partial charge in [-0.25, -0.2) is 0 Å². The van der Waals surface area contributed by atoms with E-state index in [-0.39, 0.29) is 47.9 Å². The average molecular weight is 434 g/mol. The van der Waals surface area contributed by atoms with E-state index in [1.165, 1.54) is 4.90 Å². The summed E-state index contributed by atoms with van der Waals surface area (Å²) in [5.41, 5.74) is 1.09. The predicted octanol–water partition coefficient (Wildman–Crippen LogP) is 4.16. The summed E-state index contributed by atoms with van der Waals surface area (Å²) >= 11 is 5.85. The smallest absolute Gasteiger partial charge is 0.238 e. The maximum absolute atomic E-state index is 13.2. The number of amides is 2. The minimum Gasteiger partial charge on any atom is -0.485 e. The molecule has 156 valence electrons. The predicted molar refractivity (Wildman–Crippen MR) is 115 cm³/mol. The summed E-state index contributed by atoms with van der Waals surface area (Å²) < 4.78 is 5.60. The van der Waals surface area contributed by atoms with Crippen LogP contribution in [0.15, 0.2) is 60.7 Å². The largest absolute Gasteiger partial charge is 0.485 e. The highest BCUT2D eigenvalue weighted by molar-refractivity contribution is 6.30. The second-order valence-electron chi connectivity index (χ2n) is 8.88. The zero-order valence-electron chi connectivity index (χ0n) is 16.6. The van der Waals surface area contributed by atoms with Crippen molar-refractivity contribution in [2.45, 2.75) is 6.42 Å². The Labute approximate surface area is 184 Å². The van der Waals surface area contributed by atoms with Crippen molar-refractivity contribution in [2.75, 3.05) is 11.5 Å². The van der Waals surface area contributed by atoms with Crippen LogP contribution in [0.5, 0.6) is 5.75 Å². The van der Waals surface area contributed by atoms with E-state index in [2.05, 4.69) is 12.2 Å². The number of allylic oxidation sites excluding steroid dienone is 2. The molecule has 31 heavy (non-hydrogen) atoms. The van der Waals surface area contributed by atoms with Crippen LogP contribution in [0.25, 0.3) is 0 Å². The first-order valence-electron chi connectivity index (χ1n) is 10.6. The van der Waals surface area contributed by atoms with Crippen LogP contribution in [-0.2, 0) is 9.59 Å². The van der Waals surface area contributed by atoms with Crippen molar-refractivity contribution in [3.8, 4) is 5.75 Å². The Kier molecular flexibility index (Phi) is 4.12. The van der Waals surface area contributed by atoms with Gasteiger partial charge in [0.15, 0.2) is 12.4 Å². The van der Waals surface area contributed by atoms with Crippen molar-refractivity contribution >= 4 is 34.9 Å². The molecule has 4 aliphatic carbocycles. The van der Waals surface area contributed by atoms with E-state index in [4.69, 9.17) is 16.3 Å². The molecule has 0 N–H and O–H groups in total. The van der Waals surface area contributed by atoms with E-state index in [1.54, 1.807) is 48.5 Å². The van der Waals surface area contributed by atoms with E-state index in [0.29, 0.717) is 33.9 Å². The lowest BCUT2D eigenvalue weighted by Crippen LogP contribution is -2.40. The van der Waals surface area contributed by atoms with Gasteiger partial charge >= 0.3 is 0 Å². The van der Waals surface area contributed by atoms with Crippen molar-refractivity contribution in [2.24, 2.45) is 35.5 Å². The van der Waals surface area contributed by atoms with Crippen LogP contribution in [0.1, 0.15) is 16.8 Å². The van der Waals surface area contributed by atoms with Crippen molar-refractivity contribution in [3.63, 3.8) is 0 Å². The number of ether oxygens (including phenoxy) is 1. The molecule has 5 nitrogen and oxygen atoms in total. The Hall–Kier alpha value is -2.92. The van der Waals surface area contributed by atoms with Gasteiger partial charge in [0.05, 0.1) is 17.5 Å². The Morgan fingerprint density at radius 3 is 2.06 bits per heavy atom. The van der Waals surface area contributed by atoms with E-state index in [9.17, 15) is 14.4 Å². The normalized spacial score (nSPS) is 32.1. The van der Waals surface area contributed by atoms with Crippen LogP contribution in [0.3, 0.4) is 0 Å². The number of carbonyl (C=O) groups is 3. The fourth-order valence-electron chi connectivity index (χ4n) is 5.77. The lowest BCUT2D eigenvalue weighted by molar-refractivity contribution is -0.124. The highest BCUT2D eigenvalue weighted by atomic mass is 35.5. The van der Waals surface area contributed by atoms with Gasteiger partial charge in [-0.2, -0.15) is 0 Å². The summed E-state index contributed by atoms with van der Waals surface area (Å²) in [4.78, 5) is 40.0. The fraction of sp³-hybridized carbons (Fsp3) is 0.320. The molecule has 2 saturated carbocycles. The molecule has 2 aromatic carbocycles. The van der Waals surface area contributed by atoms with Crippen molar-refractivity contribution in [1.29, 1.82) is 0 Å². The van der Waals surface area contributed by atoms with E-state index >= 15 is 0 Å². The lowest BCUT2D eigenvalue weighted by atomic mass is 9.63. The second-order valence-corrected chi connectivity index (χ2v) is 9.32. The molecule has 1 saturated heterocycles. The molecule has 1 aliphatic heterocycles. The number of benzene rings is 2. The van der Waals surface area contributed by atoms with E-state index in [0.717, 1.165) is 6.42 Å². The summed E-state index contributed by atoms with van der Waals surface area (Å²) in [5, 5.41) is 0.569. The molecule has 5 aliphatic rings. The van der Waals surface area contributed by atoms with Gasteiger partial charge in [-0.05, 0) is 78.6 Å². The maximum atomic E-state index is 13.2. The van der Waals surface area contributed by atoms with Gasteiger partial charge in [-0.15, -0.1) is 0 Å². The number of hydrogen-bond acceptors (Lipinski definition) is 4. The third-order valence-corrected chi connectivity index (χ3v) is 7.55. The van der Waals surface area contributed by atoms with E-state index in [1.807, 2.05) is 0 Å². The van der Waals surface area contributed by atoms with Crippen molar-refractivity contribution < 1.29 is 19.1 Å². The molecule has 1 heterocycles. The zero-order chi connectivity index (χ0) is 21.3. The number of nitrogens with zero attached hydrogens (tertiary/aromatic N) is 1. The van der Waals surface area contributed by atoms with Crippen LogP contribution in [0.4, 0.5) is 5.69 Å². The van der Waals surface area contributed by atoms with Crippen LogP contribution in [0.2, 0.25) is 5.02 Å². The molecule has 0 radical (unpaired) electrons. The van der Waals surface area contributed by atoms with Crippen LogP contribution < -0.4 is 9.64 Å². The van der Waals surface area contributed by atoms with Gasteiger partial charge in [0.25, 0.3) is 0 Å². The molecule has 6 heteroatoms. The molecular weight excluding hydrogens is 414 g/mol. The van der Waals surface area contributed by atoms with Crippen molar-refractivity contribution in [1.82, 2.24) is 0 Å². The molecule has 3 fully saturated rings. The Morgan fingerprint density at radius 1 is 0.903 bits per heavy atom. The third kappa shape index (κ3) is 2.87. The fourth-order valence-corrected chi connectivity index (χ4v) is 5.90. The molecule has 2 aromatic rings. The standard InChI is InChI=1S/C25H20ClNO4/c26-14-3-1-13(2-4-14)21(28)12-31-16-7-5-15(6-8-16)27-24(29)22-17-9-10-18(20-11-19(17)20)23(22)25(27)30/h1-10,17-20,22-23H,11-12H2. The van der Waals surface area contributed by atoms with Gasteiger partial charge in [-0.3, -0.25) is 19.3 Å². The number of imide groups is 1. The molecule has 6 unspecified atom stereocenters. The summed E-state index contributed by atoms with van der Waals surface area (Å²) in [5.74, 6) is 1.37. The number of Topliss-reactive ketones (excluding diaryl/α,β-unsaturated/α-hetero) is 1. The first kappa shape index (κ1) is 18.8. The topological polar surface area (TPSA) is 63.7 Å². The summed E-state index contributed by atoms with van der Waals surface area (Å²) in [7, 11) is 0. The van der Waals surface area contributed by atoms with Crippen LogP contribution in [0, 0.1) is 35.5 Å². The van der Waals surface area contributed by atoms with Gasteiger partial charge in [0, 0.05) is 10.6 Å². The van der Waals surface area contributed by atoms with Crippen LogP contribution >= 0.6 is 11.6 Å². The monoisotopic (exact) mass is 433 g/mol. The van der Waals surface area contributed by atoms with Crippen molar-refractivity contribution in [3.05, 3.63) is 71.3 Å². The highest BCUT2D eigenvalue weighted by Crippen LogP contribution is 2.65. The summed E-state index contributed by atoms with van der Waals surface area (Å²) in [6.07, 6.45) is 5.49. The minimum atomic E-state index is -0.209. The van der Waals surface area contributed by atoms with Gasteiger partial charge < -0.3 is 4.74 Å². The maximum Gasteiger partial charge on any atom is 0.238 e. The summed E-state index contributed by atoms with van der Waals surface area (Å²) in [6, 6.07) is 13.5. The number of anilines is 1. The third-order valence-electron chi connectivity index (χ3n) is 7.29. The first-order chi connectivity index (χ1) is 15.0. The molecule has 0 spiro atoms. The Morgan fingerprint density at radius 2 is 1.48 bits per heavy atom. The first-order valence-corrected chi connectivity index (χ1v) is 11.0. The minimum absolute atomic E-state index is 0.0775. The Bertz CT molecular complexity index is 1090. The summed E-state index contributed by atoms with van der Waals surface area (Å²) in [6.45, 7) is -0.107. The van der Waals surface area contributed by atoms with Gasteiger partial charge in [0.2, 0.25) is 11.8 Å². The van der Waals surface area contributed by atoms with Gasteiger partial charge in [-0.1, -0.05) is 23.8 Å². The molecule has 0 aromatic heterocycles. The van der Waals surface area contributed by atoms with Crippen LogP contribution in [-0.4, -0.2) is 24.2 Å². The quantitative estimate of drug-likeness (QED) is 0.403.